The highest BCUT2D eigenvalue weighted by Gasteiger charge is 2.38. The first kappa shape index (κ1) is 20.3. The van der Waals surface area contributed by atoms with Crippen LogP contribution in [0.3, 0.4) is 0 Å². The van der Waals surface area contributed by atoms with E-state index in [0.29, 0.717) is 12.1 Å². The van der Waals surface area contributed by atoms with Gasteiger partial charge < -0.3 is 13.9 Å². The highest BCUT2D eigenvalue weighted by atomic mass is 19.4. The van der Waals surface area contributed by atoms with Gasteiger partial charge in [0.05, 0.1) is 25.3 Å². The molecular weight excluding hydrogens is 388 g/mol. The van der Waals surface area contributed by atoms with Crippen LogP contribution in [-0.4, -0.2) is 31.1 Å². The smallest absolute Gasteiger partial charge is 0.416 e. The molecule has 0 spiro atoms. The number of alkyl halides is 6. The molecule has 2 rings (SSSR count). The van der Waals surface area contributed by atoms with Crippen molar-refractivity contribution in [1.82, 2.24) is 4.98 Å². The summed E-state index contributed by atoms with van der Waals surface area (Å²) in [6, 6.07) is 0.585. The lowest BCUT2D eigenvalue weighted by Gasteiger charge is -2.13. The van der Waals surface area contributed by atoms with Gasteiger partial charge in [-0.1, -0.05) is 0 Å². The maximum atomic E-state index is 12.9. The van der Waals surface area contributed by atoms with Gasteiger partial charge in [0, 0.05) is 5.56 Å². The van der Waals surface area contributed by atoms with Crippen molar-refractivity contribution in [2.24, 2.45) is 0 Å². The number of aromatic nitrogens is 1. The van der Waals surface area contributed by atoms with E-state index in [9.17, 15) is 35.9 Å². The van der Waals surface area contributed by atoms with E-state index < -0.39 is 58.3 Å². The molecule has 0 N–H and O–H groups in total. The summed E-state index contributed by atoms with van der Waals surface area (Å²) < 4.78 is 91.2. The molecule has 146 valence electrons. The fourth-order valence-corrected chi connectivity index (χ4v) is 1.99. The zero-order valence-electron chi connectivity index (χ0n) is 13.5. The number of esters is 2. The summed E-state index contributed by atoms with van der Waals surface area (Å²) in [4.78, 5) is 26.8. The van der Waals surface area contributed by atoms with Gasteiger partial charge in [-0.05, 0) is 18.2 Å². The monoisotopic (exact) mass is 397 g/mol. The molecule has 0 amide bonds. The van der Waals surface area contributed by atoms with Crippen molar-refractivity contribution in [3.05, 3.63) is 40.8 Å². The Kier molecular flexibility index (Phi) is 5.20. The first-order chi connectivity index (χ1) is 12.4. The van der Waals surface area contributed by atoms with E-state index in [2.05, 4.69) is 14.5 Å². The molecule has 1 aromatic carbocycles. The zero-order chi connectivity index (χ0) is 20.6. The lowest BCUT2D eigenvalue weighted by Crippen LogP contribution is -2.11. The molecule has 2 aromatic rings. The minimum Gasteiger partial charge on any atom is -0.464 e. The summed E-state index contributed by atoms with van der Waals surface area (Å²) in [6.45, 7) is 0. The third kappa shape index (κ3) is 4.20. The molecule has 0 saturated heterocycles. The number of nitrogens with zero attached hydrogens (tertiary/aromatic N) is 1. The zero-order valence-corrected chi connectivity index (χ0v) is 13.5. The van der Waals surface area contributed by atoms with E-state index in [1.807, 2.05) is 0 Å². The second kappa shape index (κ2) is 6.93. The van der Waals surface area contributed by atoms with Crippen LogP contribution in [0.25, 0.3) is 11.5 Å². The van der Waals surface area contributed by atoms with Gasteiger partial charge >= 0.3 is 24.3 Å². The van der Waals surface area contributed by atoms with E-state index in [1.165, 1.54) is 0 Å². The van der Waals surface area contributed by atoms with Gasteiger partial charge in [0.25, 0.3) is 0 Å². The molecule has 0 aliphatic carbocycles. The fraction of sp³-hybridized carbons (Fsp3) is 0.267. The summed E-state index contributed by atoms with van der Waals surface area (Å²) in [7, 11) is 1.83. The van der Waals surface area contributed by atoms with E-state index in [0.717, 1.165) is 14.2 Å². The van der Waals surface area contributed by atoms with Crippen LogP contribution < -0.4 is 0 Å². The number of carbonyl (C=O) groups excluding carboxylic acids is 2. The molecule has 0 saturated carbocycles. The van der Waals surface area contributed by atoms with Gasteiger partial charge in [-0.25, -0.2) is 14.6 Å². The average molecular weight is 397 g/mol. The standard InChI is InChI=1S/C15H9F6NO5/c1-25-12(23)9-10(13(24)26-2)27-11(22-9)6-3-7(14(16,17)18)5-8(4-6)15(19,20)21/h3-5H,1-2H3. The SMILES string of the molecule is COC(=O)c1nc(-c2cc(C(F)(F)F)cc(C(F)(F)F)c2)oc1C(=O)OC. The maximum absolute atomic E-state index is 12.9. The predicted octanol–water partition coefficient (Wildman–Crippen LogP) is 3.95. The minimum absolute atomic E-state index is 0.0884. The largest absolute Gasteiger partial charge is 0.464 e. The molecule has 0 unspecified atom stereocenters. The molecule has 27 heavy (non-hydrogen) atoms. The first-order valence-electron chi connectivity index (χ1n) is 6.85. The van der Waals surface area contributed by atoms with Crippen molar-refractivity contribution in [3.8, 4) is 11.5 Å². The Morgan fingerprint density at radius 2 is 1.37 bits per heavy atom. The van der Waals surface area contributed by atoms with Crippen molar-refractivity contribution in [1.29, 1.82) is 0 Å². The molecule has 6 nitrogen and oxygen atoms in total. The predicted molar refractivity (Wildman–Crippen MR) is 74.6 cm³/mol. The van der Waals surface area contributed by atoms with Crippen LogP contribution in [0.15, 0.2) is 22.6 Å². The molecule has 0 bridgehead atoms. The molecular formula is C15H9F6NO5. The number of benzene rings is 1. The third-order valence-corrected chi connectivity index (χ3v) is 3.21. The van der Waals surface area contributed by atoms with Crippen molar-refractivity contribution in [2.75, 3.05) is 14.2 Å². The van der Waals surface area contributed by atoms with Crippen LogP contribution in [0.4, 0.5) is 26.3 Å². The second-order valence-corrected chi connectivity index (χ2v) is 4.97. The number of hydrogen-bond acceptors (Lipinski definition) is 6. The Morgan fingerprint density at radius 1 is 0.889 bits per heavy atom. The highest BCUT2D eigenvalue weighted by molar-refractivity contribution is 6.00. The van der Waals surface area contributed by atoms with Gasteiger partial charge in [0.2, 0.25) is 17.3 Å². The molecule has 1 aromatic heterocycles. The summed E-state index contributed by atoms with van der Waals surface area (Å²) >= 11 is 0. The summed E-state index contributed by atoms with van der Waals surface area (Å²) in [5, 5.41) is 0. The maximum Gasteiger partial charge on any atom is 0.416 e. The molecule has 0 radical (unpaired) electrons. The van der Waals surface area contributed by atoms with E-state index in [-0.39, 0.29) is 6.07 Å². The second-order valence-electron chi connectivity index (χ2n) is 4.97. The fourth-order valence-electron chi connectivity index (χ4n) is 1.99. The van der Waals surface area contributed by atoms with E-state index >= 15 is 0 Å². The molecule has 12 heteroatoms. The summed E-state index contributed by atoms with van der Waals surface area (Å²) in [5.74, 6) is -4.08. The topological polar surface area (TPSA) is 78.6 Å². The number of hydrogen-bond donors (Lipinski definition) is 0. The minimum atomic E-state index is -5.10. The highest BCUT2D eigenvalue weighted by Crippen LogP contribution is 2.38. The molecule has 0 aliphatic heterocycles. The number of oxazole rings is 1. The number of rotatable bonds is 3. The number of ether oxygens (including phenoxy) is 2. The lowest BCUT2D eigenvalue weighted by atomic mass is 10.0. The van der Waals surface area contributed by atoms with E-state index in [1.54, 1.807) is 0 Å². The average Bonchev–Trinajstić information content (AvgIpc) is 3.03. The van der Waals surface area contributed by atoms with E-state index in [4.69, 9.17) is 4.42 Å². The van der Waals surface area contributed by atoms with Crippen LogP contribution >= 0.6 is 0 Å². The molecule has 0 atom stereocenters. The first-order valence-corrected chi connectivity index (χ1v) is 6.85. The van der Waals surface area contributed by atoms with Crippen molar-refractivity contribution >= 4 is 11.9 Å². The van der Waals surface area contributed by atoms with Crippen LogP contribution in [-0.2, 0) is 21.8 Å². The number of halogens is 6. The number of methoxy groups -OCH3 is 2. The Balaban J connectivity index is 2.72. The van der Waals surface area contributed by atoms with Crippen molar-refractivity contribution < 1.29 is 49.8 Å². The van der Waals surface area contributed by atoms with Crippen LogP contribution in [0, 0.1) is 0 Å². The van der Waals surface area contributed by atoms with Crippen molar-refractivity contribution in [3.63, 3.8) is 0 Å². The molecule has 0 fully saturated rings. The Bertz CT molecular complexity index is 818. The summed E-state index contributed by atoms with van der Waals surface area (Å²) in [6.07, 6.45) is -10.2. The van der Waals surface area contributed by atoms with Crippen LogP contribution in [0.2, 0.25) is 0 Å². The van der Waals surface area contributed by atoms with Gasteiger partial charge in [-0.15, -0.1) is 0 Å². The van der Waals surface area contributed by atoms with Crippen LogP contribution in [0.1, 0.15) is 32.2 Å². The van der Waals surface area contributed by atoms with Gasteiger partial charge in [-0.2, -0.15) is 26.3 Å². The van der Waals surface area contributed by atoms with Gasteiger partial charge in [0.15, 0.2) is 0 Å². The van der Waals surface area contributed by atoms with Gasteiger partial charge in [-0.3, -0.25) is 0 Å². The molecule has 1 heterocycles. The normalized spacial score (nSPS) is 12.0. The lowest BCUT2D eigenvalue weighted by molar-refractivity contribution is -0.143. The quantitative estimate of drug-likeness (QED) is 0.577. The molecule has 0 aliphatic rings. The van der Waals surface area contributed by atoms with Crippen LogP contribution in [0.5, 0.6) is 0 Å². The third-order valence-electron chi connectivity index (χ3n) is 3.21. The Hall–Kier alpha value is -3.05. The summed E-state index contributed by atoms with van der Waals surface area (Å²) in [5.41, 5.74) is -4.75. The van der Waals surface area contributed by atoms with Crippen molar-refractivity contribution in [2.45, 2.75) is 12.4 Å². The number of carbonyl (C=O) groups is 2. The Morgan fingerprint density at radius 3 is 1.78 bits per heavy atom. The Labute approximate surface area is 146 Å². The van der Waals surface area contributed by atoms with Gasteiger partial charge in [0.1, 0.15) is 0 Å².